The zero-order valence-corrected chi connectivity index (χ0v) is 20.0. The lowest BCUT2D eigenvalue weighted by atomic mass is 9.92. The fourth-order valence-corrected chi connectivity index (χ4v) is 5.88. The first-order chi connectivity index (χ1) is 17.0. The van der Waals surface area contributed by atoms with E-state index < -0.39 is 5.91 Å². The van der Waals surface area contributed by atoms with Crippen molar-refractivity contribution >= 4 is 33.1 Å². The number of benzene rings is 2. The Kier molecular flexibility index (Phi) is 6.49. The molecule has 0 bridgehead atoms. The highest BCUT2D eigenvalue weighted by Crippen LogP contribution is 2.39. The fraction of sp³-hybridized carbons (Fsp3) is 0.250. The van der Waals surface area contributed by atoms with Crippen LogP contribution in [-0.2, 0) is 0 Å². The lowest BCUT2D eigenvalue weighted by molar-refractivity contribution is 0.100. The molecule has 2 aromatic heterocycles. The number of nitrogens with zero attached hydrogens (tertiary/aromatic N) is 2. The topological polar surface area (TPSA) is 112 Å². The maximum absolute atomic E-state index is 12.1. The SMILES string of the molecule is N#CC(c1ccccc1)c1ccc(-c2cc3c(NC4CCC(O)CC4)ncc(C(N)=O)c3s2)cc1. The Bertz CT molecular complexity index is 1380. The highest BCUT2D eigenvalue weighted by Gasteiger charge is 2.22. The summed E-state index contributed by atoms with van der Waals surface area (Å²) in [5.41, 5.74) is 8.96. The number of aromatic nitrogens is 1. The Hall–Kier alpha value is -3.73. The molecule has 1 saturated carbocycles. The number of nitriles is 1. The van der Waals surface area contributed by atoms with E-state index in [1.165, 1.54) is 11.3 Å². The summed E-state index contributed by atoms with van der Waals surface area (Å²) in [6.45, 7) is 0. The number of primary amides is 1. The minimum Gasteiger partial charge on any atom is -0.393 e. The summed E-state index contributed by atoms with van der Waals surface area (Å²) in [6.07, 6.45) is 4.62. The number of aliphatic hydroxyl groups is 1. The second-order valence-electron chi connectivity index (χ2n) is 8.98. The average Bonchev–Trinajstić information content (AvgIpc) is 3.33. The fourth-order valence-electron chi connectivity index (χ4n) is 4.70. The van der Waals surface area contributed by atoms with Gasteiger partial charge in [0.2, 0.25) is 0 Å². The van der Waals surface area contributed by atoms with Crippen LogP contribution in [0.4, 0.5) is 5.82 Å². The molecular weight excluding hydrogens is 456 g/mol. The molecule has 1 atom stereocenters. The first-order valence-electron chi connectivity index (χ1n) is 11.8. The molecule has 1 aliphatic rings. The number of hydrogen-bond donors (Lipinski definition) is 3. The van der Waals surface area contributed by atoms with Crippen molar-refractivity contribution in [1.82, 2.24) is 4.98 Å². The van der Waals surface area contributed by atoms with Gasteiger partial charge < -0.3 is 16.2 Å². The molecular formula is C28H26N4O2S. The number of carbonyl (C=O) groups is 1. The van der Waals surface area contributed by atoms with E-state index in [4.69, 9.17) is 5.73 Å². The van der Waals surface area contributed by atoms with Crippen molar-refractivity contribution in [3.63, 3.8) is 0 Å². The van der Waals surface area contributed by atoms with E-state index in [0.29, 0.717) is 5.56 Å². The molecule has 2 heterocycles. The van der Waals surface area contributed by atoms with Crippen molar-refractivity contribution in [3.05, 3.63) is 83.6 Å². The Morgan fingerprint density at radius 2 is 1.77 bits per heavy atom. The number of rotatable bonds is 6. The van der Waals surface area contributed by atoms with Gasteiger partial charge in [-0.1, -0.05) is 54.6 Å². The average molecular weight is 483 g/mol. The molecule has 176 valence electrons. The molecule has 4 N–H and O–H groups in total. The van der Waals surface area contributed by atoms with Crippen LogP contribution < -0.4 is 11.1 Å². The van der Waals surface area contributed by atoms with Crippen LogP contribution in [0, 0.1) is 11.3 Å². The molecule has 2 aromatic carbocycles. The molecule has 1 unspecified atom stereocenters. The third-order valence-corrected chi connectivity index (χ3v) is 7.87. The molecule has 1 aliphatic carbocycles. The summed E-state index contributed by atoms with van der Waals surface area (Å²) >= 11 is 1.51. The number of nitrogens with one attached hydrogen (secondary N) is 1. The van der Waals surface area contributed by atoms with Gasteiger partial charge in [0.15, 0.2) is 0 Å². The normalized spacial score (nSPS) is 18.6. The largest absolute Gasteiger partial charge is 0.393 e. The quantitative estimate of drug-likeness (QED) is 0.339. The second-order valence-corrected chi connectivity index (χ2v) is 10.0. The number of anilines is 1. The highest BCUT2D eigenvalue weighted by atomic mass is 32.1. The number of aliphatic hydroxyl groups excluding tert-OH is 1. The van der Waals surface area contributed by atoms with Gasteiger partial charge in [-0.15, -0.1) is 11.3 Å². The Morgan fingerprint density at radius 3 is 2.43 bits per heavy atom. The maximum Gasteiger partial charge on any atom is 0.251 e. The molecule has 4 aromatic rings. The zero-order chi connectivity index (χ0) is 24.4. The predicted molar refractivity (Wildman–Crippen MR) is 139 cm³/mol. The van der Waals surface area contributed by atoms with Crippen molar-refractivity contribution in [2.45, 2.75) is 43.7 Å². The summed E-state index contributed by atoms with van der Waals surface area (Å²) in [7, 11) is 0. The third-order valence-electron chi connectivity index (χ3n) is 6.65. The number of hydrogen-bond acceptors (Lipinski definition) is 6. The molecule has 1 fully saturated rings. The molecule has 0 saturated heterocycles. The smallest absolute Gasteiger partial charge is 0.251 e. The molecule has 0 radical (unpaired) electrons. The second kappa shape index (κ2) is 9.87. The lowest BCUT2D eigenvalue weighted by Crippen LogP contribution is -2.28. The van der Waals surface area contributed by atoms with Crippen LogP contribution in [0.25, 0.3) is 20.5 Å². The van der Waals surface area contributed by atoms with Crippen LogP contribution in [0.15, 0.2) is 66.9 Å². The highest BCUT2D eigenvalue weighted by molar-refractivity contribution is 7.22. The van der Waals surface area contributed by atoms with Gasteiger partial charge >= 0.3 is 0 Å². The van der Waals surface area contributed by atoms with E-state index in [2.05, 4.69) is 16.4 Å². The number of nitrogens with two attached hydrogens (primary N) is 1. The molecule has 35 heavy (non-hydrogen) atoms. The minimum absolute atomic E-state index is 0.225. The first-order valence-corrected chi connectivity index (χ1v) is 12.6. The van der Waals surface area contributed by atoms with Gasteiger partial charge in [0, 0.05) is 22.5 Å². The Balaban J connectivity index is 1.48. The number of amides is 1. The van der Waals surface area contributed by atoms with Crippen molar-refractivity contribution < 1.29 is 9.90 Å². The number of carbonyl (C=O) groups excluding carboxylic acids is 1. The molecule has 5 rings (SSSR count). The molecule has 7 heteroatoms. The van der Waals surface area contributed by atoms with E-state index in [9.17, 15) is 15.2 Å². The number of pyridine rings is 1. The first kappa shape index (κ1) is 23.0. The van der Waals surface area contributed by atoms with Gasteiger partial charge in [0.1, 0.15) is 5.82 Å². The van der Waals surface area contributed by atoms with Gasteiger partial charge in [-0.05, 0) is 48.4 Å². The molecule has 1 amide bonds. The van der Waals surface area contributed by atoms with Gasteiger partial charge in [0.05, 0.1) is 28.4 Å². The summed E-state index contributed by atoms with van der Waals surface area (Å²) in [4.78, 5) is 17.6. The van der Waals surface area contributed by atoms with Crippen LogP contribution in [0.5, 0.6) is 0 Å². The molecule has 0 aliphatic heterocycles. The minimum atomic E-state index is -0.502. The zero-order valence-electron chi connectivity index (χ0n) is 19.1. The van der Waals surface area contributed by atoms with E-state index in [0.717, 1.165) is 63.2 Å². The van der Waals surface area contributed by atoms with Crippen molar-refractivity contribution in [3.8, 4) is 16.5 Å². The Labute approximate surface area is 208 Å². The van der Waals surface area contributed by atoms with Gasteiger partial charge in [-0.25, -0.2) is 4.98 Å². The molecule has 0 spiro atoms. The van der Waals surface area contributed by atoms with Crippen LogP contribution in [-0.4, -0.2) is 28.1 Å². The predicted octanol–water partition coefficient (Wildman–Crippen LogP) is 5.43. The van der Waals surface area contributed by atoms with Gasteiger partial charge in [-0.2, -0.15) is 5.26 Å². The number of fused-ring (bicyclic) bond motifs is 1. The maximum atomic E-state index is 12.1. The number of thiophene rings is 1. The summed E-state index contributed by atoms with van der Waals surface area (Å²) in [5, 5.41) is 24.0. The summed E-state index contributed by atoms with van der Waals surface area (Å²) in [5.74, 6) is -0.0967. The molecule has 6 nitrogen and oxygen atoms in total. The van der Waals surface area contributed by atoms with E-state index in [1.54, 1.807) is 6.20 Å². The van der Waals surface area contributed by atoms with Crippen molar-refractivity contribution in [1.29, 1.82) is 5.26 Å². The van der Waals surface area contributed by atoms with Gasteiger partial charge in [0.25, 0.3) is 5.91 Å². The standard InChI is InChI=1S/C28H26N4O2S/c29-15-23(17-4-2-1-3-5-17)18-6-8-19(9-7-18)25-14-22-26(35-25)24(27(30)34)16-31-28(22)32-20-10-12-21(33)13-11-20/h1-9,14,16,20-21,23,33H,10-13H2,(H2,30,34)(H,31,32). The monoisotopic (exact) mass is 482 g/mol. The van der Waals surface area contributed by atoms with Crippen LogP contribution in [0.1, 0.15) is 53.1 Å². The van der Waals surface area contributed by atoms with Crippen molar-refractivity contribution in [2.24, 2.45) is 5.73 Å². The van der Waals surface area contributed by atoms with Crippen LogP contribution in [0.2, 0.25) is 0 Å². The van der Waals surface area contributed by atoms with E-state index in [1.807, 2.05) is 60.7 Å². The van der Waals surface area contributed by atoms with Crippen LogP contribution >= 0.6 is 11.3 Å². The van der Waals surface area contributed by atoms with Crippen molar-refractivity contribution in [2.75, 3.05) is 5.32 Å². The van der Waals surface area contributed by atoms with Crippen LogP contribution in [0.3, 0.4) is 0 Å². The van der Waals surface area contributed by atoms with E-state index in [-0.39, 0.29) is 18.1 Å². The Morgan fingerprint density at radius 1 is 1.09 bits per heavy atom. The lowest BCUT2D eigenvalue weighted by Gasteiger charge is -2.26. The summed E-state index contributed by atoms with van der Waals surface area (Å²) in [6, 6.07) is 22.4. The third kappa shape index (κ3) is 4.76. The summed E-state index contributed by atoms with van der Waals surface area (Å²) < 4.78 is 0.809. The van der Waals surface area contributed by atoms with Gasteiger partial charge in [-0.3, -0.25) is 4.79 Å². The van der Waals surface area contributed by atoms with E-state index >= 15 is 0 Å².